The first-order valence-electron chi connectivity index (χ1n) is 16.4. The van der Waals surface area contributed by atoms with Crippen molar-refractivity contribution in [2.45, 2.75) is 147 Å². The first-order valence-corrected chi connectivity index (χ1v) is 17.8. The molecule has 0 aliphatic carbocycles. The highest BCUT2D eigenvalue weighted by molar-refractivity contribution is 7.86. The van der Waals surface area contributed by atoms with Crippen LogP contribution in [0.15, 0.2) is 41.3 Å². The number of aliphatic hydroxyl groups is 2. The van der Waals surface area contributed by atoms with Crippen molar-refractivity contribution in [3.63, 3.8) is 0 Å². The molecule has 2 rings (SSSR count). The fraction of sp³-hybridized carbons (Fsp3) is 0.706. The molecule has 7 heteroatoms. The number of unbranched alkanes of at least 4 members (excludes halogenated alkanes) is 14. The molecule has 2 unspecified atom stereocenters. The molecule has 0 saturated heterocycles. The molecule has 0 bridgehead atoms. The summed E-state index contributed by atoms with van der Waals surface area (Å²) in [7, 11) is -4.39. The van der Waals surface area contributed by atoms with Crippen LogP contribution in [0.1, 0.15) is 129 Å². The number of anilines is 1. The standard InChI is InChI=1S/C34H57NO5S/c1-3-5-7-9-11-13-15-17-21-29(36)27-35(28-30(37)22-18-16-14-12-10-8-6-4-2)33-25-26-34(41(38,39)40)32-24-20-19-23-31(32)33/h19-20,23-26,29-30,36-37H,3-18,21-22,27-28H2,1-2H3,(H,38,39,40). The highest BCUT2D eigenvalue weighted by Crippen LogP contribution is 2.32. The van der Waals surface area contributed by atoms with E-state index in [2.05, 4.69) is 13.8 Å². The molecule has 234 valence electrons. The van der Waals surface area contributed by atoms with Crippen molar-refractivity contribution in [1.29, 1.82) is 0 Å². The highest BCUT2D eigenvalue weighted by Gasteiger charge is 2.21. The van der Waals surface area contributed by atoms with E-state index in [1.54, 1.807) is 18.2 Å². The van der Waals surface area contributed by atoms with Crippen molar-refractivity contribution in [3.05, 3.63) is 36.4 Å². The fourth-order valence-corrected chi connectivity index (χ4v) is 6.44. The second-order valence-corrected chi connectivity index (χ2v) is 13.2. The number of hydrogen-bond donors (Lipinski definition) is 3. The van der Waals surface area contributed by atoms with E-state index in [4.69, 9.17) is 0 Å². The molecule has 0 heterocycles. The van der Waals surface area contributed by atoms with E-state index in [0.29, 0.717) is 36.7 Å². The van der Waals surface area contributed by atoms with Gasteiger partial charge < -0.3 is 15.1 Å². The van der Waals surface area contributed by atoms with Gasteiger partial charge in [0.1, 0.15) is 4.90 Å². The summed E-state index contributed by atoms with van der Waals surface area (Å²) in [4.78, 5) is 1.87. The number of fused-ring (bicyclic) bond motifs is 1. The maximum atomic E-state index is 12.0. The molecule has 2 atom stereocenters. The highest BCUT2D eigenvalue weighted by atomic mass is 32.2. The van der Waals surface area contributed by atoms with Gasteiger partial charge in [-0.25, -0.2) is 0 Å². The third-order valence-electron chi connectivity index (χ3n) is 8.12. The summed E-state index contributed by atoms with van der Waals surface area (Å²) in [5, 5.41) is 23.1. The minimum absolute atomic E-state index is 0.129. The SMILES string of the molecule is CCCCCCCCCCC(O)CN(CC(O)CCCCCCCCCC)c1ccc(S(=O)(=O)O)c2ccccc12. The van der Waals surface area contributed by atoms with Gasteiger partial charge in [-0.05, 0) is 25.0 Å². The Labute approximate surface area is 250 Å². The zero-order chi connectivity index (χ0) is 29.9. The normalized spacial score (nSPS) is 13.5. The zero-order valence-electron chi connectivity index (χ0n) is 25.8. The van der Waals surface area contributed by atoms with Crippen molar-refractivity contribution >= 4 is 26.6 Å². The van der Waals surface area contributed by atoms with Crippen molar-refractivity contribution in [2.24, 2.45) is 0 Å². The van der Waals surface area contributed by atoms with Gasteiger partial charge in [0.15, 0.2) is 0 Å². The van der Waals surface area contributed by atoms with Gasteiger partial charge in [-0.2, -0.15) is 8.42 Å². The van der Waals surface area contributed by atoms with E-state index in [1.807, 2.05) is 17.0 Å². The van der Waals surface area contributed by atoms with Crippen LogP contribution in [0.2, 0.25) is 0 Å². The Kier molecular flexibility index (Phi) is 17.6. The second kappa shape index (κ2) is 20.3. The van der Waals surface area contributed by atoms with Gasteiger partial charge in [0, 0.05) is 29.5 Å². The lowest BCUT2D eigenvalue weighted by Crippen LogP contribution is -2.38. The van der Waals surface area contributed by atoms with Gasteiger partial charge in [0.25, 0.3) is 10.1 Å². The first-order chi connectivity index (χ1) is 19.8. The summed E-state index contributed by atoms with van der Waals surface area (Å²) < 4.78 is 33.9. The number of benzene rings is 2. The van der Waals surface area contributed by atoms with E-state index in [1.165, 1.54) is 83.1 Å². The van der Waals surface area contributed by atoms with Gasteiger partial charge >= 0.3 is 0 Å². The van der Waals surface area contributed by atoms with Crippen molar-refractivity contribution in [2.75, 3.05) is 18.0 Å². The summed E-state index contributed by atoms with van der Waals surface area (Å²) in [6.45, 7) is 5.18. The van der Waals surface area contributed by atoms with Gasteiger partial charge in [-0.3, -0.25) is 4.55 Å². The Morgan fingerprint density at radius 1 is 0.610 bits per heavy atom. The Balaban J connectivity index is 2.04. The molecule has 0 saturated carbocycles. The monoisotopic (exact) mass is 591 g/mol. The average molecular weight is 592 g/mol. The van der Waals surface area contributed by atoms with Gasteiger partial charge in [0.05, 0.1) is 12.2 Å². The molecule has 2 aromatic carbocycles. The Morgan fingerprint density at radius 3 is 1.46 bits per heavy atom. The number of nitrogens with zero attached hydrogens (tertiary/aromatic N) is 1. The summed E-state index contributed by atoms with van der Waals surface area (Å²) in [6.07, 6.45) is 19.6. The van der Waals surface area contributed by atoms with E-state index in [9.17, 15) is 23.2 Å². The lowest BCUT2D eigenvalue weighted by atomic mass is 10.0. The number of aliphatic hydroxyl groups excluding tert-OH is 2. The minimum atomic E-state index is -4.39. The summed E-state index contributed by atoms with van der Waals surface area (Å²) in [5.41, 5.74) is 0.762. The molecule has 3 N–H and O–H groups in total. The van der Waals surface area contributed by atoms with Crippen molar-refractivity contribution in [1.82, 2.24) is 0 Å². The largest absolute Gasteiger partial charge is 0.391 e. The van der Waals surface area contributed by atoms with Crippen LogP contribution in [-0.2, 0) is 10.1 Å². The first kappa shape index (κ1) is 35.5. The molecule has 6 nitrogen and oxygen atoms in total. The van der Waals surface area contributed by atoms with Crippen LogP contribution < -0.4 is 4.90 Å². The molecule has 0 aromatic heterocycles. The van der Waals surface area contributed by atoms with Crippen molar-refractivity contribution < 1.29 is 23.2 Å². The molecule has 0 amide bonds. The molecule has 0 spiro atoms. The summed E-state index contributed by atoms with van der Waals surface area (Å²) >= 11 is 0. The lowest BCUT2D eigenvalue weighted by Gasteiger charge is -2.31. The van der Waals surface area contributed by atoms with Crippen LogP contribution in [0.5, 0.6) is 0 Å². The molecule has 41 heavy (non-hydrogen) atoms. The van der Waals surface area contributed by atoms with Crippen LogP contribution in [0.3, 0.4) is 0 Å². The van der Waals surface area contributed by atoms with E-state index >= 15 is 0 Å². The van der Waals surface area contributed by atoms with Crippen molar-refractivity contribution in [3.8, 4) is 0 Å². The Bertz CT molecular complexity index is 1050. The minimum Gasteiger partial charge on any atom is -0.391 e. The molecular weight excluding hydrogens is 534 g/mol. The molecular formula is C34H57NO5S. The number of rotatable bonds is 24. The van der Waals surface area contributed by atoms with E-state index < -0.39 is 22.3 Å². The van der Waals surface area contributed by atoms with Gasteiger partial charge in [-0.1, -0.05) is 141 Å². The molecule has 0 aliphatic rings. The summed E-state index contributed by atoms with van der Waals surface area (Å²) in [6, 6.07) is 10.2. The van der Waals surface area contributed by atoms with Crippen LogP contribution >= 0.6 is 0 Å². The maximum Gasteiger partial charge on any atom is 0.295 e. The summed E-state index contributed by atoms with van der Waals surface area (Å²) in [5.74, 6) is 0. The quantitative estimate of drug-likeness (QED) is 0.0834. The average Bonchev–Trinajstić information content (AvgIpc) is 2.94. The molecule has 0 radical (unpaired) electrons. The smallest absolute Gasteiger partial charge is 0.295 e. The van der Waals surface area contributed by atoms with Crippen LogP contribution in [0.25, 0.3) is 10.8 Å². The zero-order valence-corrected chi connectivity index (χ0v) is 26.6. The number of hydrogen-bond acceptors (Lipinski definition) is 5. The van der Waals surface area contributed by atoms with Gasteiger partial charge in [0.2, 0.25) is 0 Å². The third-order valence-corrected chi connectivity index (χ3v) is 9.04. The molecule has 2 aromatic rings. The predicted octanol–water partition coefficient (Wildman–Crippen LogP) is 8.68. The van der Waals surface area contributed by atoms with E-state index in [-0.39, 0.29) is 4.90 Å². The second-order valence-electron chi connectivity index (χ2n) is 11.8. The van der Waals surface area contributed by atoms with Crippen LogP contribution in [0, 0.1) is 0 Å². The maximum absolute atomic E-state index is 12.0. The third kappa shape index (κ3) is 13.9. The van der Waals surface area contributed by atoms with Crippen LogP contribution in [-0.4, -0.2) is 48.5 Å². The molecule has 0 fully saturated rings. The topological polar surface area (TPSA) is 98.1 Å². The lowest BCUT2D eigenvalue weighted by molar-refractivity contribution is 0.145. The predicted molar refractivity (Wildman–Crippen MR) is 172 cm³/mol. The fourth-order valence-electron chi connectivity index (χ4n) is 5.75. The molecule has 0 aliphatic heterocycles. The van der Waals surface area contributed by atoms with E-state index in [0.717, 1.165) is 31.4 Å². The Morgan fingerprint density at radius 2 is 1.02 bits per heavy atom. The van der Waals surface area contributed by atoms with Gasteiger partial charge in [-0.15, -0.1) is 0 Å². The Hall–Kier alpha value is -1.67. The van der Waals surface area contributed by atoms with Crippen LogP contribution in [0.4, 0.5) is 5.69 Å².